The highest BCUT2D eigenvalue weighted by Gasteiger charge is 2.26. The SMILES string of the molecule is N=CC(=O)N(Cc1ccccc1)C[C@@H](O)C(Cc1ccccc1)NC(=O)OCC1=CCCC=C1. The molecule has 0 fully saturated rings. The van der Waals surface area contributed by atoms with E-state index in [0.29, 0.717) is 6.42 Å². The fourth-order valence-electron chi connectivity index (χ4n) is 3.75. The lowest BCUT2D eigenvalue weighted by molar-refractivity contribution is -0.126. The minimum absolute atomic E-state index is 0.0468. The smallest absolute Gasteiger partial charge is 0.407 e. The van der Waals surface area contributed by atoms with Crippen LogP contribution in [0.2, 0.25) is 0 Å². The summed E-state index contributed by atoms with van der Waals surface area (Å²) in [6, 6.07) is 18.2. The van der Waals surface area contributed by atoms with Gasteiger partial charge >= 0.3 is 6.09 Å². The average Bonchev–Trinajstić information content (AvgIpc) is 2.88. The fourth-order valence-corrected chi connectivity index (χ4v) is 3.75. The van der Waals surface area contributed by atoms with Crippen LogP contribution in [0.5, 0.6) is 0 Å². The lowest BCUT2D eigenvalue weighted by Crippen LogP contribution is -2.50. The second kappa shape index (κ2) is 13.1. The lowest BCUT2D eigenvalue weighted by atomic mass is 10.0. The zero-order valence-corrected chi connectivity index (χ0v) is 19.1. The topological polar surface area (TPSA) is 103 Å². The molecule has 1 unspecified atom stereocenters. The third kappa shape index (κ3) is 8.01. The second-order valence-corrected chi connectivity index (χ2v) is 8.19. The Labute approximate surface area is 200 Å². The lowest BCUT2D eigenvalue weighted by Gasteiger charge is -2.29. The first-order chi connectivity index (χ1) is 16.5. The first kappa shape index (κ1) is 24.9. The van der Waals surface area contributed by atoms with Crippen LogP contribution in [0.25, 0.3) is 0 Å². The number of aliphatic hydroxyl groups is 1. The number of benzene rings is 2. The van der Waals surface area contributed by atoms with E-state index in [-0.39, 0.29) is 19.7 Å². The predicted octanol–water partition coefficient (Wildman–Crippen LogP) is 3.64. The molecule has 0 saturated carbocycles. The first-order valence-electron chi connectivity index (χ1n) is 11.4. The van der Waals surface area contributed by atoms with E-state index in [9.17, 15) is 14.7 Å². The molecule has 0 saturated heterocycles. The number of allylic oxidation sites excluding steroid dienone is 2. The summed E-state index contributed by atoms with van der Waals surface area (Å²) in [6.07, 6.45) is 7.31. The summed E-state index contributed by atoms with van der Waals surface area (Å²) in [5, 5.41) is 21.2. The van der Waals surface area contributed by atoms with Gasteiger partial charge in [-0.2, -0.15) is 0 Å². The molecule has 0 aromatic heterocycles. The molecule has 2 atom stereocenters. The van der Waals surface area contributed by atoms with Gasteiger partial charge < -0.3 is 25.5 Å². The molecule has 0 heterocycles. The van der Waals surface area contributed by atoms with Gasteiger partial charge in [0.25, 0.3) is 5.91 Å². The van der Waals surface area contributed by atoms with E-state index in [1.807, 2.05) is 78.9 Å². The Hall–Kier alpha value is -3.71. The van der Waals surface area contributed by atoms with E-state index in [0.717, 1.165) is 35.8 Å². The number of carbonyl (C=O) groups is 2. The van der Waals surface area contributed by atoms with Crippen LogP contribution >= 0.6 is 0 Å². The minimum atomic E-state index is -1.07. The Bertz CT molecular complexity index is 1010. The van der Waals surface area contributed by atoms with Crippen molar-refractivity contribution in [2.75, 3.05) is 13.2 Å². The standard InChI is InChI=1S/C27H31N3O4/c28-17-26(32)30(18-22-12-6-2-7-13-22)19-25(31)24(16-21-10-4-1-5-11-21)29-27(33)34-20-23-14-8-3-9-15-23/h1-2,4-8,10-15,17,24-25,28,31H,3,9,16,18-20H2,(H,29,33)/t24?,25-/m1/s1. The molecule has 7 nitrogen and oxygen atoms in total. The zero-order chi connectivity index (χ0) is 24.2. The van der Waals surface area contributed by atoms with E-state index in [2.05, 4.69) is 5.32 Å². The van der Waals surface area contributed by atoms with Crippen molar-refractivity contribution >= 4 is 18.2 Å². The molecule has 3 rings (SSSR count). The van der Waals surface area contributed by atoms with E-state index >= 15 is 0 Å². The predicted molar refractivity (Wildman–Crippen MR) is 132 cm³/mol. The molecule has 178 valence electrons. The maximum absolute atomic E-state index is 12.5. The van der Waals surface area contributed by atoms with Crippen molar-refractivity contribution in [1.29, 1.82) is 5.41 Å². The van der Waals surface area contributed by atoms with Crippen molar-refractivity contribution in [2.24, 2.45) is 0 Å². The third-order valence-corrected chi connectivity index (χ3v) is 5.57. The van der Waals surface area contributed by atoms with E-state index in [4.69, 9.17) is 10.1 Å². The van der Waals surface area contributed by atoms with Gasteiger partial charge in [0.15, 0.2) is 0 Å². The van der Waals surface area contributed by atoms with Crippen LogP contribution in [0, 0.1) is 5.41 Å². The van der Waals surface area contributed by atoms with Gasteiger partial charge in [0.2, 0.25) is 0 Å². The number of rotatable bonds is 11. The Morgan fingerprint density at radius 2 is 1.74 bits per heavy atom. The molecule has 0 radical (unpaired) electrons. The highest BCUT2D eigenvalue weighted by molar-refractivity contribution is 6.24. The number of nitrogens with one attached hydrogen (secondary N) is 2. The van der Waals surface area contributed by atoms with Gasteiger partial charge in [-0.15, -0.1) is 0 Å². The monoisotopic (exact) mass is 461 g/mol. The summed E-state index contributed by atoms with van der Waals surface area (Å²) in [7, 11) is 0. The molecule has 2 amide bonds. The number of carbonyl (C=O) groups excluding carboxylic acids is 2. The van der Waals surface area contributed by atoms with Crippen molar-refractivity contribution in [1.82, 2.24) is 10.2 Å². The van der Waals surface area contributed by atoms with Gasteiger partial charge in [0.1, 0.15) is 6.61 Å². The zero-order valence-electron chi connectivity index (χ0n) is 19.1. The molecule has 1 aliphatic carbocycles. The van der Waals surface area contributed by atoms with Crippen molar-refractivity contribution in [3.8, 4) is 0 Å². The second-order valence-electron chi connectivity index (χ2n) is 8.19. The van der Waals surface area contributed by atoms with Crippen LogP contribution in [0.3, 0.4) is 0 Å². The van der Waals surface area contributed by atoms with E-state index < -0.39 is 24.1 Å². The van der Waals surface area contributed by atoms with Gasteiger partial charge in [-0.25, -0.2) is 4.79 Å². The number of hydrogen-bond acceptors (Lipinski definition) is 5. The van der Waals surface area contributed by atoms with Crippen LogP contribution < -0.4 is 5.32 Å². The summed E-state index contributed by atoms with van der Waals surface area (Å²) in [5.74, 6) is -0.514. The quantitative estimate of drug-likeness (QED) is 0.445. The molecule has 2 aromatic carbocycles. The molecule has 7 heteroatoms. The van der Waals surface area contributed by atoms with Crippen molar-refractivity contribution < 1.29 is 19.4 Å². The minimum Gasteiger partial charge on any atom is -0.445 e. The first-order valence-corrected chi connectivity index (χ1v) is 11.4. The normalized spacial score (nSPS) is 14.4. The van der Waals surface area contributed by atoms with Crippen LogP contribution in [-0.4, -0.2) is 53.5 Å². The third-order valence-electron chi connectivity index (χ3n) is 5.57. The molecule has 0 aliphatic heterocycles. The molecule has 34 heavy (non-hydrogen) atoms. The number of nitrogens with zero attached hydrogens (tertiary/aromatic N) is 1. The van der Waals surface area contributed by atoms with Crippen LogP contribution in [0.1, 0.15) is 24.0 Å². The van der Waals surface area contributed by atoms with Gasteiger partial charge in [-0.1, -0.05) is 78.9 Å². The molecular formula is C27H31N3O4. The summed E-state index contributed by atoms with van der Waals surface area (Å²) in [4.78, 5) is 26.3. The van der Waals surface area contributed by atoms with Gasteiger partial charge in [-0.05, 0) is 36.0 Å². The Morgan fingerprint density at radius 3 is 2.35 bits per heavy atom. The van der Waals surface area contributed by atoms with E-state index in [1.165, 1.54) is 4.90 Å². The average molecular weight is 462 g/mol. The summed E-state index contributed by atoms with van der Waals surface area (Å²) >= 11 is 0. The number of alkyl carbamates (subject to hydrolysis) is 1. The van der Waals surface area contributed by atoms with Gasteiger partial charge in [-0.3, -0.25) is 4.79 Å². The summed E-state index contributed by atoms with van der Waals surface area (Å²) in [5.41, 5.74) is 2.75. The molecule has 2 aromatic rings. The van der Waals surface area contributed by atoms with Crippen molar-refractivity contribution in [3.63, 3.8) is 0 Å². The van der Waals surface area contributed by atoms with Crippen LogP contribution in [0.4, 0.5) is 4.79 Å². The van der Waals surface area contributed by atoms with Crippen molar-refractivity contribution in [3.05, 3.63) is 95.6 Å². The molecule has 3 N–H and O–H groups in total. The number of amides is 2. The molecular weight excluding hydrogens is 430 g/mol. The van der Waals surface area contributed by atoms with Crippen LogP contribution in [-0.2, 0) is 22.5 Å². The summed E-state index contributed by atoms with van der Waals surface area (Å²) < 4.78 is 5.37. The number of ether oxygens (including phenoxy) is 1. The number of hydrogen-bond donors (Lipinski definition) is 3. The summed E-state index contributed by atoms with van der Waals surface area (Å²) in [6.45, 7) is 0.354. The highest BCUT2D eigenvalue weighted by atomic mass is 16.5. The maximum atomic E-state index is 12.5. The van der Waals surface area contributed by atoms with E-state index in [1.54, 1.807) is 0 Å². The fraction of sp³-hybridized carbons (Fsp3) is 0.296. The number of aliphatic hydroxyl groups excluding tert-OH is 1. The Kier molecular flexibility index (Phi) is 9.61. The Morgan fingerprint density at radius 1 is 1.06 bits per heavy atom. The maximum Gasteiger partial charge on any atom is 0.407 e. The molecule has 1 aliphatic rings. The molecule has 0 bridgehead atoms. The Balaban J connectivity index is 1.68. The largest absolute Gasteiger partial charge is 0.445 e. The van der Waals surface area contributed by atoms with Gasteiger partial charge in [0.05, 0.1) is 18.4 Å². The van der Waals surface area contributed by atoms with Crippen LogP contribution in [0.15, 0.2) is 84.5 Å². The highest BCUT2D eigenvalue weighted by Crippen LogP contribution is 2.12. The van der Waals surface area contributed by atoms with Crippen molar-refractivity contribution in [2.45, 2.75) is 38.0 Å². The van der Waals surface area contributed by atoms with Gasteiger partial charge in [0, 0.05) is 13.1 Å². The molecule has 0 spiro atoms.